The van der Waals surface area contributed by atoms with E-state index in [-0.39, 0.29) is 26.1 Å². The number of thiophene rings is 1. The summed E-state index contributed by atoms with van der Waals surface area (Å²) in [6.07, 6.45) is 8.83. The van der Waals surface area contributed by atoms with Gasteiger partial charge in [0, 0.05) is 17.5 Å². The third-order valence-electron chi connectivity index (χ3n) is 7.97. The number of aromatic amines is 1. The van der Waals surface area contributed by atoms with Crippen molar-refractivity contribution in [3.8, 4) is 0 Å². The quantitative estimate of drug-likeness (QED) is 0.119. The molecule has 0 spiro atoms. The molecule has 0 radical (unpaired) electrons. The molecule has 1 fully saturated rings. The summed E-state index contributed by atoms with van der Waals surface area (Å²) in [6, 6.07) is 10.5. The molecule has 246 valence electrons. The van der Waals surface area contributed by atoms with Gasteiger partial charge in [-0.15, -0.1) is 11.3 Å². The monoisotopic (exact) mass is 659 g/mol. The van der Waals surface area contributed by atoms with Gasteiger partial charge in [-0.05, 0) is 49.6 Å². The molecular weight excluding hydrogens is 613 g/mol. The minimum absolute atomic E-state index is 0.110. The van der Waals surface area contributed by atoms with Crippen molar-refractivity contribution in [3.63, 3.8) is 0 Å². The van der Waals surface area contributed by atoms with Crippen LogP contribution in [0.4, 0.5) is 0 Å². The lowest BCUT2D eigenvalue weighted by molar-refractivity contribution is -0.130. The van der Waals surface area contributed by atoms with E-state index in [1.54, 1.807) is 20.0 Å². The highest BCUT2D eigenvalue weighted by Gasteiger charge is 2.35. The van der Waals surface area contributed by atoms with Crippen molar-refractivity contribution < 1.29 is 28.3 Å². The Morgan fingerprint density at radius 3 is 2.33 bits per heavy atom. The summed E-state index contributed by atoms with van der Waals surface area (Å²) in [6.45, 7) is 3.61. The number of aliphatic hydroxyl groups excluding tert-OH is 1. The molecule has 2 aromatic heterocycles. The fraction of sp³-hybridized carbons (Fsp3) is 0.531. The highest BCUT2D eigenvalue weighted by molar-refractivity contribution is 7.51. The number of hydrogen-bond acceptors (Lipinski definition) is 8. The standard InChI is InChI=1S/C32H46N5O6PS/c1-3-42-44(41,43-4-2)37-28(19-24-14-9-6-10-15-24)32(40)36-27(20-25-21-33-22-34-25)31(39)35-26(18-23-12-7-5-8-13-23)30(38)29-16-11-17-45-29/h6,9-11,14-17,21-23,26-28,30,38H,3-5,7-8,12-13,18-20H2,1-2H3,(H,33,34)(H,35,39)(H,36,40)(H,37,41)/t26-,27-,28-,30+/m0/s1. The van der Waals surface area contributed by atoms with E-state index < -0.39 is 43.8 Å². The average Bonchev–Trinajstić information content (AvgIpc) is 3.76. The minimum Gasteiger partial charge on any atom is -0.385 e. The molecule has 2 amide bonds. The molecule has 2 heterocycles. The Bertz CT molecular complexity index is 1330. The van der Waals surface area contributed by atoms with Crippen molar-refractivity contribution in [2.75, 3.05) is 13.2 Å². The molecule has 0 saturated heterocycles. The van der Waals surface area contributed by atoms with Crippen molar-refractivity contribution in [1.82, 2.24) is 25.7 Å². The molecule has 4 atom stereocenters. The van der Waals surface area contributed by atoms with Gasteiger partial charge in [0.1, 0.15) is 18.2 Å². The van der Waals surface area contributed by atoms with Crippen LogP contribution in [0.3, 0.4) is 0 Å². The molecule has 1 aromatic carbocycles. The minimum atomic E-state index is -3.84. The lowest BCUT2D eigenvalue weighted by Gasteiger charge is -2.31. The summed E-state index contributed by atoms with van der Waals surface area (Å²) in [5, 5.41) is 22.1. The molecule has 0 bridgehead atoms. The predicted molar refractivity (Wildman–Crippen MR) is 175 cm³/mol. The third-order valence-corrected chi connectivity index (χ3v) is 10.7. The van der Waals surface area contributed by atoms with Gasteiger partial charge in [0.05, 0.1) is 31.3 Å². The Kier molecular flexibility index (Phi) is 13.8. The zero-order chi connectivity index (χ0) is 32.1. The topological polar surface area (TPSA) is 155 Å². The van der Waals surface area contributed by atoms with E-state index in [9.17, 15) is 19.3 Å². The number of carbonyl (C=O) groups excluding carboxylic acids is 2. The predicted octanol–water partition coefficient (Wildman–Crippen LogP) is 5.07. The summed E-state index contributed by atoms with van der Waals surface area (Å²) in [5.41, 5.74) is 1.41. The smallest absolute Gasteiger partial charge is 0.385 e. The van der Waals surface area contributed by atoms with Crippen LogP contribution in [0.25, 0.3) is 0 Å². The van der Waals surface area contributed by atoms with Crippen molar-refractivity contribution in [2.45, 2.75) is 89.4 Å². The van der Waals surface area contributed by atoms with Crippen molar-refractivity contribution in [2.24, 2.45) is 5.92 Å². The second kappa shape index (κ2) is 17.7. The Morgan fingerprint density at radius 2 is 1.71 bits per heavy atom. The van der Waals surface area contributed by atoms with Gasteiger partial charge in [-0.25, -0.2) is 14.6 Å². The van der Waals surface area contributed by atoms with Crippen LogP contribution in [0.1, 0.15) is 74.6 Å². The van der Waals surface area contributed by atoms with Gasteiger partial charge >= 0.3 is 7.75 Å². The van der Waals surface area contributed by atoms with Crippen LogP contribution in [-0.4, -0.2) is 58.2 Å². The number of carbonyl (C=O) groups is 2. The molecule has 11 nitrogen and oxygen atoms in total. The summed E-state index contributed by atoms with van der Waals surface area (Å²) in [5.74, 6) is -0.584. The van der Waals surface area contributed by atoms with Crippen LogP contribution in [0.2, 0.25) is 0 Å². The first-order chi connectivity index (χ1) is 21.8. The van der Waals surface area contributed by atoms with Crippen LogP contribution in [0.5, 0.6) is 0 Å². The normalized spacial score (nSPS) is 16.9. The van der Waals surface area contributed by atoms with E-state index in [1.165, 1.54) is 24.1 Å². The second-order valence-corrected chi connectivity index (χ2v) is 14.1. The fourth-order valence-corrected chi connectivity index (χ4v) is 8.04. The first-order valence-electron chi connectivity index (χ1n) is 15.8. The number of nitrogens with zero attached hydrogens (tertiary/aromatic N) is 1. The molecule has 13 heteroatoms. The van der Waals surface area contributed by atoms with E-state index >= 15 is 0 Å². The summed E-state index contributed by atoms with van der Waals surface area (Å²) >= 11 is 1.45. The highest BCUT2D eigenvalue weighted by atomic mass is 32.1. The number of amides is 2. The third kappa shape index (κ3) is 10.9. The maximum absolute atomic E-state index is 14.0. The molecule has 1 saturated carbocycles. The molecule has 4 rings (SSSR count). The van der Waals surface area contributed by atoms with Gasteiger partial charge in [0.15, 0.2) is 0 Å². The molecule has 1 aliphatic rings. The Hall–Kier alpha value is -2.86. The van der Waals surface area contributed by atoms with Gasteiger partial charge in [0.25, 0.3) is 0 Å². The maximum atomic E-state index is 14.0. The van der Waals surface area contributed by atoms with Crippen LogP contribution < -0.4 is 15.7 Å². The van der Waals surface area contributed by atoms with Crippen molar-refractivity contribution in [3.05, 3.63) is 76.5 Å². The summed E-state index contributed by atoms with van der Waals surface area (Å²) in [7, 11) is -3.84. The first kappa shape index (κ1) is 35.0. The highest BCUT2D eigenvalue weighted by Crippen LogP contribution is 2.44. The van der Waals surface area contributed by atoms with Gasteiger partial charge in [-0.3, -0.25) is 18.6 Å². The van der Waals surface area contributed by atoms with E-state index in [0.717, 1.165) is 36.1 Å². The zero-order valence-corrected chi connectivity index (χ0v) is 27.7. The molecule has 3 aromatic rings. The van der Waals surface area contributed by atoms with Gasteiger partial charge in [-0.2, -0.15) is 0 Å². The largest absolute Gasteiger partial charge is 0.406 e. The Labute approximate surface area is 269 Å². The summed E-state index contributed by atoms with van der Waals surface area (Å²) in [4.78, 5) is 35.9. The average molecular weight is 660 g/mol. The molecule has 0 aliphatic heterocycles. The van der Waals surface area contributed by atoms with Crippen LogP contribution in [0.15, 0.2) is 60.4 Å². The van der Waals surface area contributed by atoms with Crippen molar-refractivity contribution in [1.29, 1.82) is 0 Å². The molecular formula is C32H46N5O6PS. The van der Waals surface area contributed by atoms with E-state index in [1.807, 2.05) is 47.8 Å². The first-order valence-corrected chi connectivity index (χ1v) is 18.2. The number of aromatic nitrogens is 2. The van der Waals surface area contributed by atoms with E-state index in [0.29, 0.717) is 18.0 Å². The van der Waals surface area contributed by atoms with Gasteiger partial charge in [-0.1, -0.05) is 68.5 Å². The van der Waals surface area contributed by atoms with Crippen LogP contribution in [0, 0.1) is 5.92 Å². The lowest BCUT2D eigenvalue weighted by Crippen LogP contribution is -2.56. The number of H-pyrrole nitrogens is 1. The molecule has 0 unspecified atom stereocenters. The maximum Gasteiger partial charge on any atom is 0.406 e. The van der Waals surface area contributed by atoms with E-state index in [2.05, 4.69) is 25.7 Å². The number of hydrogen-bond donors (Lipinski definition) is 5. The second-order valence-electron chi connectivity index (χ2n) is 11.3. The lowest BCUT2D eigenvalue weighted by atomic mass is 9.83. The number of benzene rings is 1. The van der Waals surface area contributed by atoms with Crippen LogP contribution >= 0.6 is 19.1 Å². The van der Waals surface area contributed by atoms with Gasteiger partial charge < -0.3 is 20.7 Å². The number of rotatable bonds is 18. The Balaban J connectivity index is 1.57. The number of nitrogens with one attached hydrogen (secondary N) is 4. The van der Waals surface area contributed by atoms with Gasteiger partial charge in [0.2, 0.25) is 11.8 Å². The Morgan fingerprint density at radius 1 is 1.00 bits per heavy atom. The molecule has 1 aliphatic carbocycles. The number of aliphatic hydroxyl groups is 1. The number of imidazole rings is 1. The van der Waals surface area contributed by atoms with E-state index in [4.69, 9.17) is 9.05 Å². The molecule has 45 heavy (non-hydrogen) atoms. The van der Waals surface area contributed by atoms with Crippen molar-refractivity contribution >= 4 is 30.9 Å². The SMILES string of the molecule is CCOP(=O)(N[C@@H](Cc1ccccc1)C(=O)N[C@@H](Cc1c[nH]cn1)C(=O)N[C@@H](CC1CCCCC1)[C@@H](O)c1cccs1)OCC. The fourth-order valence-electron chi connectivity index (χ4n) is 5.77. The van der Waals surface area contributed by atoms with Crippen LogP contribution in [-0.2, 0) is 36.0 Å². The zero-order valence-electron chi connectivity index (χ0n) is 26.0. The summed E-state index contributed by atoms with van der Waals surface area (Å²) < 4.78 is 24.3. The molecule has 5 N–H and O–H groups in total.